The molecule has 9 nitrogen and oxygen atoms in total. The van der Waals surface area contributed by atoms with Crippen LogP contribution in [0.4, 0.5) is 5.69 Å². The van der Waals surface area contributed by atoms with Gasteiger partial charge in [-0.2, -0.15) is 0 Å². The molecule has 0 aliphatic heterocycles. The fraction of sp³-hybridized carbons (Fsp3) is 0.360. The molecule has 2 aromatic rings. The fourth-order valence-electron chi connectivity index (χ4n) is 2.87. The number of nitrogens with one attached hydrogen (secondary N) is 1. The van der Waals surface area contributed by atoms with Crippen molar-refractivity contribution in [3.8, 4) is 11.5 Å². The van der Waals surface area contributed by atoms with Crippen molar-refractivity contribution < 1.29 is 32.2 Å². The van der Waals surface area contributed by atoms with Crippen LogP contribution in [0, 0.1) is 6.92 Å². The van der Waals surface area contributed by atoms with Crippen LogP contribution in [0.5, 0.6) is 11.5 Å². The average molecular weight is 505 g/mol. The first-order valence-electron chi connectivity index (χ1n) is 11.2. The number of amides is 1. The van der Waals surface area contributed by atoms with Gasteiger partial charge < -0.3 is 19.5 Å². The van der Waals surface area contributed by atoms with Crippen molar-refractivity contribution in [2.45, 2.75) is 32.1 Å². The highest BCUT2D eigenvalue weighted by atomic mass is 32.2. The monoisotopic (exact) mass is 504 g/mol. The first-order valence-corrected chi connectivity index (χ1v) is 12.6. The van der Waals surface area contributed by atoms with E-state index in [4.69, 9.17) is 14.2 Å². The minimum Gasteiger partial charge on any atom is -0.490 e. The van der Waals surface area contributed by atoms with Gasteiger partial charge in [0, 0.05) is 25.9 Å². The van der Waals surface area contributed by atoms with Gasteiger partial charge in [-0.25, -0.2) is 17.5 Å². The third kappa shape index (κ3) is 8.11. The average Bonchev–Trinajstić information content (AvgIpc) is 2.82. The molecule has 10 heteroatoms. The fourth-order valence-corrected chi connectivity index (χ4v) is 3.80. The van der Waals surface area contributed by atoms with Crippen molar-refractivity contribution in [1.29, 1.82) is 0 Å². The van der Waals surface area contributed by atoms with E-state index in [0.717, 1.165) is 10.7 Å². The predicted octanol–water partition coefficient (Wildman–Crippen LogP) is 3.63. The Morgan fingerprint density at radius 1 is 1.03 bits per heavy atom. The van der Waals surface area contributed by atoms with Crippen molar-refractivity contribution in [3.63, 3.8) is 0 Å². The molecule has 35 heavy (non-hydrogen) atoms. The maximum absolute atomic E-state index is 12.3. The van der Waals surface area contributed by atoms with Crippen LogP contribution >= 0.6 is 0 Å². The van der Waals surface area contributed by atoms with E-state index >= 15 is 0 Å². The van der Waals surface area contributed by atoms with Crippen molar-refractivity contribution in [1.82, 2.24) is 4.31 Å². The van der Waals surface area contributed by atoms with E-state index in [-0.39, 0.29) is 4.90 Å². The summed E-state index contributed by atoms with van der Waals surface area (Å²) >= 11 is 0. The van der Waals surface area contributed by atoms with Crippen molar-refractivity contribution in [2.24, 2.45) is 0 Å². The Morgan fingerprint density at radius 2 is 1.77 bits per heavy atom. The quantitative estimate of drug-likeness (QED) is 0.347. The second-order valence-corrected chi connectivity index (χ2v) is 9.89. The zero-order valence-corrected chi connectivity index (χ0v) is 21.5. The molecule has 1 amide bonds. The number of esters is 1. The summed E-state index contributed by atoms with van der Waals surface area (Å²) in [5.41, 5.74) is 1.69. The normalized spacial score (nSPS) is 11.5. The SMILES string of the molecule is CCCOc1ccc(/C=C/C(=O)OCC(=O)Nc2cc(S(=O)(=O)N(C)C)ccc2C)cc1OCC. The smallest absolute Gasteiger partial charge is 0.331 e. The predicted molar refractivity (Wildman–Crippen MR) is 134 cm³/mol. The molecule has 0 fully saturated rings. The Morgan fingerprint density at radius 3 is 2.43 bits per heavy atom. The van der Waals surface area contributed by atoms with Gasteiger partial charge in [0.1, 0.15) is 0 Å². The summed E-state index contributed by atoms with van der Waals surface area (Å²) < 4.78 is 42.0. The first-order chi connectivity index (χ1) is 16.6. The van der Waals surface area contributed by atoms with Gasteiger partial charge >= 0.3 is 5.97 Å². The minimum atomic E-state index is -3.66. The lowest BCUT2D eigenvalue weighted by Crippen LogP contribution is -2.23. The largest absolute Gasteiger partial charge is 0.490 e. The third-order valence-corrected chi connectivity index (χ3v) is 6.56. The lowest BCUT2D eigenvalue weighted by molar-refractivity contribution is -0.142. The second kappa shape index (κ2) is 12.9. The molecule has 0 bridgehead atoms. The third-order valence-electron chi connectivity index (χ3n) is 4.75. The Balaban J connectivity index is 1.98. The molecule has 190 valence electrons. The van der Waals surface area contributed by atoms with Crippen LogP contribution in [0.2, 0.25) is 0 Å². The maximum Gasteiger partial charge on any atom is 0.331 e. The number of hydrogen-bond acceptors (Lipinski definition) is 7. The number of hydrogen-bond donors (Lipinski definition) is 1. The lowest BCUT2D eigenvalue weighted by Gasteiger charge is -2.14. The molecule has 0 aromatic heterocycles. The Hall–Kier alpha value is -3.37. The van der Waals surface area contributed by atoms with Crippen LogP contribution in [0.1, 0.15) is 31.4 Å². The van der Waals surface area contributed by atoms with Crippen molar-refractivity contribution in [2.75, 3.05) is 39.2 Å². The van der Waals surface area contributed by atoms with Gasteiger partial charge in [-0.15, -0.1) is 0 Å². The Bertz CT molecular complexity index is 1170. The van der Waals surface area contributed by atoms with Gasteiger partial charge in [0.05, 0.1) is 18.1 Å². The van der Waals surface area contributed by atoms with E-state index in [1.165, 1.54) is 32.3 Å². The molecular formula is C25H32N2O7S. The van der Waals surface area contributed by atoms with Crippen LogP contribution in [0.3, 0.4) is 0 Å². The molecule has 0 aliphatic carbocycles. The number of nitrogens with zero attached hydrogens (tertiary/aromatic N) is 1. The summed E-state index contributed by atoms with van der Waals surface area (Å²) in [5, 5.41) is 2.58. The summed E-state index contributed by atoms with van der Waals surface area (Å²) in [5.74, 6) is -0.0945. The summed E-state index contributed by atoms with van der Waals surface area (Å²) in [6.07, 6.45) is 3.62. The number of rotatable bonds is 12. The molecule has 0 aliphatic rings. The highest BCUT2D eigenvalue weighted by Crippen LogP contribution is 2.29. The Kier molecular flexibility index (Phi) is 10.3. The number of sulfonamides is 1. The molecule has 0 radical (unpaired) electrons. The highest BCUT2D eigenvalue weighted by molar-refractivity contribution is 7.89. The van der Waals surface area contributed by atoms with Gasteiger partial charge in [-0.1, -0.05) is 19.1 Å². The molecule has 0 atom stereocenters. The molecule has 0 spiro atoms. The molecule has 0 unspecified atom stereocenters. The topological polar surface area (TPSA) is 111 Å². The Labute approximate surface area is 206 Å². The molecule has 0 saturated heterocycles. The minimum absolute atomic E-state index is 0.0425. The van der Waals surface area contributed by atoms with E-state index in [1.54, 1.807) is 37.3 Å². The van der Waals surface area contributed by atoms with Gasteiger partial charge in [-0.3, -0.25) is 4.79 Å². The molecule has 0 saturated carbocycles. The lowest BCUT2D eigenvalue weighted by atomic mass is 10.2. The van der Waals surface area contributed by atoms with Gasteiger partial charge in [-0.05, 0) is 61.7 Å². The first kappa shape index (κ1) is 27.9. The maximum atomic E-state index is 12.3. The second-order valence-electron chi connectivity index (χ2n) is 7.74. The van der Waals surface area contributed by atoms with Crippen molar-refractivity contribution in [3.05, 3.63) is 53.6 Å². The zero-order chi connectivity index (χ0) is 26.0. The van der Waals surface area contributed by atoms with Gasteiger partial charge in [0.2, 0.25) is 10.0 Å². The highest BCUT2D eigenvalue weighted by Gasteiger charge is 2.19. The number of carbonyl (C=O) groups is 2. The van der Waals surface area contributed by atoms with Crippen LogP contribution in [-0.4, -0.2) is 58.5 Å². The van der Waals surface area contributed by atoms with Crippen LogP contribution < -0.4 is 14.8 Å². The molecule has 2 rings (SSSR count). The molecule has 1 N–H and O–H groups in total. The number of ether oxygens (including phenoxy) is 3. The van der Waals surface area contributed by atoms with Crippen molar-refractivity contribution >= 4 is 33.7 Å². The number of carbonyl (C=O) groups excluding carboxylic acids is 2. The summed E-state index contributed by atoms with van der Waals surface area (Å²) in [6.45, 7) is 6.12. The molecular weight excluding hydrogens is 472 g/mol. The van der Waals surface area contributed by atoms with Crippen LogP contribution in [-0.2, 0) is 24.3 Å². The summed E-state index contributed by atoms with van der Waals surface area (Å²) in [6, 6.07) is 9.73. The van der Waals surface area contributed by atoms with E-state index < -0.39 is 28.5 Å². The summed E-state index contributed by atoms with van der Waals surface area (Å²) in [7, 11) is -0.809. The van der Waals surface area contributed by atoms with E-state index in [9.17, 15) is 18.0 Å². The standard InChI is InChI=1S/C25H32N2O7S/c1-6-14-33-22-12-9-19(15-23(22)32-7-2)10-13-25(29)34-17-24(28)26-21-16-20(11-8-18(21)3)35(30,31)27(4)5/h8-13,15-16H,6-7,14,17H2,1-5H3,(H,26,28)/b13-10+. The van der Waals surface area contributed by atoms with Crippen LogP contribution in [0.15, 0.2) is 47.4 Å². The summed E-state index contributed by atoms with van der Waals surface area (Å²) in [4.78, 5) is 24.4. The van der Waals surface area contributed by atoms with E-state index in [2.05, 4.69) is 5.32 Å². The molecule has 0 heterocycles. The number of benzene rings is 2. The number of aryl methyl sites for hydroxylation is 1. The zero-order valence-electron chi connectivity index (χ0n) is 20.7. The molecule has 2 aromatic carbocycles. The van der Waals surface area contributed by atoms with Gasteiger partial charge in [0.15, 0.2) is 18.1 Å². The van der Waals surface area contributed by atoms with Crippen LogP contribution in [0.25, 0.3) is 6.08 Å². The van der Waals surface area contributed by atoms with E-state index in [0.29, 0.717) is 41.5 Å². The van der Waals surface area contributed by atoms with E-state index in [1.807, 2.05) is 13.8 Å². The van der Waals surface area contributed by atoms with Gasteiger partial charge in [0.25, 0.3) is 5.91 Å². The number of anilines is 1.